The summed E-state index contributed by atoms with van der Waals surface area (Å²) in [5.41, 5.74) is 4.18. The maximum absolute atomic E-state index is 5.77. The van der Waals surface area contributed by atoms with E-state index in [1.54, 1.807) is 10.7 Å². The Balaban J connectivity index is 0.000000595. The minimum Gasteiger partial charge on any atom is -0.248 e. The molecule has 0 bridgehead atoms. The third-order valence-corrected chi connectivity index (χ3v) is 4.91. The molecule has 1 nitrogen and oxygen atoms in total. The summed E-state index contributed by atoms with van der Waals surface area (Å²) in [6.45, 7) is 2.33. The molecule has 0 radical (unpaired) electrons. The van der Waals surface area contributed by atoms with Gasteiger partial charge in [0.25, 0.3) is 0 Å². The minimum absolute atomic E-state index is 0.794. The van der Waals surface area contributed by atoms with E-state index < -0.39 is 0 Å². The van der Waals surface area contributed by atoms with E-state index in [1.165, 1.54) is 43.2 Å². The molecule has 2 aromatic rings. The maximum Gasteiger partial charge on any atom is 0.0554 e. The molecule has 23 heavy (non-hydrogen) atoms. The molecule has 1 N–H and O–H groups in total. The molecule has 0 amide bonds. The number of hydrogen-bond acceptors (Lipinski definition) is 2. The molecule has 0 heterocycles. The predicted molar refractivity (Wildman–Crippen MR) is 102 cm³/mol. The Hall–Kier alpha value is -1.76. The number of isothiocyanates is 1. The first kappa shape index (κ1) is 17.6. The van der Waals surface area contributed by atoms with Crippen LogP contribution in [-0.4, -0.2) is 5.16 Å². The van der Waals surface area contributed by atoms with Crippen molar-refractivity contribution in [2.45, 2.75) is 44.9 Å². The highest BCUT2D eigenvalue weighted by Crippen LogP contribution is 2.37. The minimum atomic E-state index is 0.794. The highest BCUT2D eigenvalue weighted by atomic mass is 32.1. The van der Waals surface area contributed by atoms with E-state index in [0.717, 1.165) is 11.8 Å². The fourth-order valence-electron chi connectivity index (χ4n) is 3.48. The lowest BCUT2D eigenvalue weighted by Crippen LogP contribution is -2.12. The Kier molecular flexibility index (Phi) is 7.19. The van der Waals surface area contributed by atoms with Gasteiger partial charge < -0.3 is 0 Å². The first-order valence-corrected chi connectivity index (χ1v) is 8.88. The van der Waals surface area contributed by atoms with Crippen LogP contribution >= 0.6 is 12.2 Å². The quantitative estimate of drug-likeness (QED) is 0.493. The van der Waals surface area contributed by atoms with Crippen LogP contribution in [0.3, 0.4) is 0 Å². The van der Waals surface area contributed by atoms with Crippen LogP contribution < -0.4 is 0 Å². The fourth-order valence-corrected chi connectivity index (χ4v) is 3.48. The van der Waals surface area contributed by atoms with Gasteiger partial charge in [-0.3, -0.25) is 0 Å². The van der Waals surface area contributed by atoms with Crippen molar-refractivity contribution in [2.75, 3.05) is 0 Å². The average Bonchev–Trinajstić information content (AvgIpc) is 2.63. The van der Waals surface area contributed by atoms with Crippen LogP contribution in [0.1, 0.15) is 50.5 Å². The molecule has 3 rings (SSSR count). The highest BCUT2D eigenvalue weighted by Gasteiger charge is 2.21. The lowest BCUT2D eigenvalue weighted by atomic mass is 9.77. The fraction of sp³-hybridized carbons (Fsp3) is 0.381. The molecule has 1 saturated carbocycles. The third kappa shape index (κ3) is 5.13. The normalized spacial score (nSPS) is 20.0. The van der Waals surface area contributed by atoms with Crippen molar-refractivity contribution in [3.63, 3.8) is 0 Å². The molecule has 0 unspecified atom stereocenters. The lowest BCUT2D eigenvalue weighted by Gasteiger charge is -2.28. The van der Waals surface area contributed by atoms with E-state index in [2.05, 4.69) is 73.7 Å². The Morgan fingerprint density at radius 1 is 0.913 bits per heavy atom. The van der Waals surface area contributed by atoms with E-state index in [1.807, 2.05) is 0 Å². The molecule has 0 saturated heterocycles. The first-order valence-electron chi connectivity index (χ1n) is 8.47. The largest absolute Gasteiger partial charge is 0.248 e. The third-order valence-electron chi connectivity index (χ3n) is 4.91. The molecule has 120 valence electrons. The molecule has 0 aromatic heterocycles. The topological polar surface area (TPSA) is 23.9 Å². The van der Waals surface area contributed by atoms with Gasteiger partial charge in [0, 0.05) is 0 Å². The van der Waals surface area contributed by atoms with Crippen LogP contribution in [0.2, 0.25) is 0 Å². The van der Waals surface area contributed by atoms with Crippen LogP contribution in [0.5, 0.6) is 0 Å². The summed E-state index contributed by atoms with van der Waals surface area (Å²) in [4.78, 5) is 0. The average molecular weight is 324 g/mol. The summed E-state index contributed by atoms with van der Waals surface area (Å²) in [6.07, 6.45) is 6.95. The van der Waals surface area contributed by atoms with Crippen LogP contribution in [-0.2, 0) is 0 Å². The van der Waals surface area contributed by atoms with Gasteiger partial charge in [-0.25, -0.2) is 5.41 Å². The van der Waals surface area contributed by atoms with Crippen LogP contribution in [0.25, 0.3) is 11.1 Å². The second-order valence-corrected chi connectivity index (χ2v) is 6.42. The van der Waals surface area contributed by atoms with Gasteiger partial charge >= 0.3 is 0 Å². The number of hydrogen-bond donors (Lipinski definition) is 1. The zero-order valence-corrected chi connectivity index (χ0v) is 14.6. The summed E-state index contributed by atoms with van der Waals surface area (Å²) >= 11 is 3.81. The standard InChI is InChI=1S/C20H24.CHNS/c1-2-16-8-10-18(11-9-16)20-14-12-19(13-15-20)17-6-4-3-5-7-17;2-1-3/h3-7,12-16,18H,2,8-11H2,1H3;2H. The number of thiocarbonyl (C=S) groups is 1. The molecule has 0 aliphatic heterocycles. The van der Waals surface area contributed by atoms with Gasteiger partial charge in [0.1, 0.15) is 0 Å². The van der Waals surface area contributed by atoms with Crippen LogP contribution in [0.4, 0.5) is 0 Å². The molecule has 1 aliphatic rings. The summed E-state index contributed by atoms with van der Waals surface area (Å²) in [6, 6.07) is 19.9. The highest BCUT2D eigenvalue weighted by molar-refractivity contribution is 7.78. The number of nitrogens with one attached hydrogen (secondary N) is 1. The Morgan fingerprint density at radius 3 is 1.96 bits per heavy atom. The summed E-state index contributed by atoms with van der Waals surface area (Å²) in [5.74, 6) is 1.78. The van der Waals surface area contributed by atoms with Crippen LogP contribution in [0.15, 0.2) is 54.6 Å². The zero-order chi connectivity index (χ0) is 16.5. The van der Waals surface area contributed by atoms with Gasteiger partial charge in [-0.2, -0.15) is 0 Å². The molecule has 2 heteroatoms. The van der Waals surface area contributed by atoms with E-state index in [-0.39, 0.29) is 0 Å². The number of rotatable bonds is 3. The van der Waals surface area contributed by atoms with Crippen molar-refractivity contribution < 1.29 is 0 Å². The Bertz CT molecular complexity index is 604. The van der Waals surface area contributed by atoms with E-state index in [9.17, 15) is 0 Å². The SMILES string of the molecule is CCC1CCC(c2ccc(-c3ccccc3)cc2)CC1.N=C=S. The number of benzene rings is 2. The van der Waals surface area contributed by atoms with Crippen LogP contribution in [0, 0.1) is 11.3 Å². The summed E-state index contributed by atoms with van der Waals surface area (Å²) in [5, 5.41) is 7.36. The van der Waals surface area contributed by atoms with Gasteiger partial charge in [0.05, 0.1) is 5.16 Å². The molecule has 0 spiro atoms. The van der Waals surface area contributed by atoms with Crippen molar-refractivity contribution in [2.24, 2.45) is 5.92 Å². The lowest BCUT2D eigenvalue weighted by molar-refractivity contribution is 0.319. The monoisotopic (exact) mass is 323 g/mol. The van der Waals surface area contributed by atoms with E-state index in [4.69, 9.17) is 5.41 Å². The molecule has 1 fully saturated rings. The van der Waals surface area contributed by atoms with Crippen molar-refractivity contribution in [3.8, 4) is 11.1 Å². The second-order valence-electron chi connectivity index (χ2n) is 6.22. The molecular formula is C21H25NS. The summed E-state index contributed by atoms with van der Waals surface area (Å²) < 4.78 is 0. The Morgan fingerprint density at radius 2 is 1.43 bits per heavy atom. The first-order chi connectivity index (χ1) is 11.3. The van der Waals surface area contributed by atoms with Gasteiger partial charge in [-0.15, -0.1) is 0 Å². The van der Waals surface area contributed by atoms with Gasteiger partial charge in [-0.1, -0.05) is 67.9 Å². The van der Waals surface area contributed by atoms with Gasteiger partial charge in [-0.05, 0) is 66.4 Å². The molecule has 1 aliphatic carbocycles. The smallest absolute Gasteiger partial charge is 0.0554 e. The summed E-state index contributed by atoms with van der Waals surface area (Å²) in [7, 11) is 0. The Labute approximate surface area is 145 Å². The molecule has 2 aromatic carbocycles. The molecular weight excluding hydrogens is 298 g/mol. The van der Waals surface area contributed by atoms with Crippen molar-refractivity contribution in [1.29, 1.82) is 5.41 Å². The van der Waals surface area contributed by atoms with E-state index >= 15 is 0 Å². The van der Waals surface area contributed by atoms with Crippen molar-refractivity contribution >= 4 is 17.4 Å². The van der Waals surface area contributed by atoms with Gasteiger partial charge in [0.15, 0.2) is 0 Å². The second kappa shape index (κ2) is 9.39. The van der Waals surface area contributed by atoms with Crippen molar-refractivity contribution in [3.05, 3.63) is 60.2 Å². The van der Waals surface area contributed by atoms with Gasteiger partial charge in [0.2, 0.25) is 0 Å². The maximum atomic E-state index is 5.77. The zero-order valence-electron chi connectivity index (χ0n) is 13.8. The van der Waals surface area contributed by atoms with E-state index in [0.29, 0.717) is 0 Å². The molecule has 0 atom stereocenters. The predicted octanol–water partition coefficient (Wildman–Crippen LogP) is 6.71. The van der Waals surface area contributed by atoms with Crippen molar-refractivity contribution in [1.82, 2.24) is 0 Å².